The summed E-state index contributed by atoms with van der Waals surface area (Å²) in [4.78, 5) is 57.9. The van der Waals surface area contributed by atoms with Crippen LogP contribution in [0.15, 0.2) is 66.7 Å². The molecule has 3 amide bonds. The smallest absolute Gasteiger partial charge is 0.269 e. The minimum Gasteiger partial charge on any atom is -0.482 e. The number of anilines is 3. The van der Waals surface area contributed by atoms with E-state index >= 15 is 0 Å². The fourth-order valence-electron chi connectivity index (χ4n) is 8.37. The van der Waals surface area contributed by atoms with Crippen LogP contribution in [0, 0.1) is 5.92 Å². The van der Waals surface area contributed by atoms with Gasteiger partial charge in [-0.2, -0.15) is 0 Å². The van der Waals surface area contributed by atoms with Crippen molar-refractivity contribution in [3.8, 4) is 5.75 Å². The highest BCUT2D eigenvalue weighted by Gasteiger charge is 2.66. The molecule has 2 N–H and O–H groups in total. The number of aliphatic hydroxyl groups excluding tert-OH is 1. The molecule has 5 atom stereocenters. The molecular weight excluding hydrogens is 650 g/mol. The number of benzene rings is 3. The van der Waals surface area contributed by atoms with Crippen molar-refractivity contribution in [3.63, 3.8) is 0 Å². The Hall–Kier alpha value is -3.74. The molecule has 0 radical (unpaired) electrons. The van der Waals surface area contributed by atoms with Crippen molar-refractivity contribution in [2.45, 2.75) is 69.1 Å². The largest absolute Gasteiger partial charge is 0.482 e. The number of carbonyl (C=O) groups is 3. The molecule has 0 aliphatic carbocycles. The number of carbonyl (C=O) groups excluding carboxylic acids is 3. The zero-order chi connectivity index (χ0) is 34.0. The van der Waals surface area contributed by atoms with E-state index in [0.717, 1.165) is 18.4 Å². The number of nitrogens with zero attached hydrogens (tertiary/aromatic N) is 3. The maximum Gasteiger partial charge on any atom is 0.269 e. The number of amides is 3. The third-order valence-corrected chi connectivity index (χ3v) is 13.2. The average Bonchev–Trinajstić information content (AvgIpc) is 3.72. The number of hydrogen-bond acceptors (Lipinski definition) is 7. The van der Waals surface area contributed by atoms with Crippen LogP contribution in [0.5, 0.6) is 5.75 Å². The van der Waals surface area contributed by atoms with E-state index in [1.165, 1.54) is 0 Å². The molecule has 3 aromatic rings. The van der Waals surface area contributed by atoms with Gasteiger partial charge in [-0.3, -0.25) is 19.3 Å². The average molecular weight is 690 g/mol. The third-order valence-electron chi connectivity index (χ3n) is 10.5. The van der Waals surface area contributed by atoms with Gasteiger partial charge in [-0.25, -0.2) is 0 Å². The van der Waals surface area contributed by atoms with Gasteiger partial charge in [-0.15, -0.1) is 0 Å². The highest BCUT2D eigenvalue weighted by atomic mass is 35.5. The Balaban J connectivity index is 1.20. The first-order valence-electron chi connectivity index (χ1n) is 16.5. The number of rotatable bonds is 7. The highest BCUT2D eigenvalue weighted by Crippen LogP contribution is 2.60. The molecule has 4 heterocycles. The molecular formula is C36H40ClN3O7Si. The van der Waals surface area contributed by atoms with Gasteiger partial charge >= 0.3 is 0 Å². The zero-order valence-electron chi connectivity index (χ0n) is 27.3. The van der Waals surface area contributed by atoms with Crippen LogP contribution in [0.25, 0.3) is 0 Å². The summed E-state index contributed by atoms with van der Waals surface area (Å²) in [5.74, 6) is -0.388. The Labute approximate surface area is 285 Å². The second-order valence-electron chi connectivity index (χ2n) is 13.8. The third kappa shape index (κ3) is 5.32. The van der Waals surface area contributed by atoms with Gasteiger partial charge in [0.1, 0.15) is 5.75 Å². The molecule has 4 aliphatic rings. The molecule has 10 nitrogen and oxygen atoms in total. The van der Waals surface area contributed by atoms with Crippen LogP contribution in [0.1, 0.15) is 37.3 Å². The first kappa shape index (κ1) is 32.8. The van der Waals surface area contributed by atoms with Crippen molar-refractivity contribution in [3.05, 3.63) is 82.9 Å². The van der Waals surface area contributed by atoms with Crippen molar-refractivity contribution in [1.82, 2.24) is 4.90 Å². The van der Waals surface area contributed by atoms with Crippen molar-refractivity contribution in [2.24, 2.45) is 5.92 Å². The lowest BCUT2D eigenvalue weighted by Gasteiger charge is -2.33. The number of fused-ring (bicyclic) bond motifs is 3. The Morgan fingerprint density at radius 1 is 1.06 bits per heavy atom. The van der Waals surface area contributed by atoms with Crippen LogP contribution in [0.4, 0.5) is 17.1 Å². The summed E-state index contributed by atoms with van der Waals surface area (Å²) in [5, 5.41) is 10.3. The van der Waals surface area contributed by atoms with E-state index in [-0.39, 0.29) is 49.9 Å². The van der Waals surface area contributed by atoms with Gasteiger partial charge in [0.2, 0.25) is 5.91 Å². The first-order valence-corrected chi connectivity index (χ1v) is 19.9. The molecule has 4 aliphatic heterocycles. The summed E-state index contributed by atoms with van der Waals surface area (Å²) in [6, 6.07) is 20.0. The summed E-state index contributed by atoms with van der Waals surface area (Å²) in [5.41, 5.74) is 1.65. The Bertz CT molecular complexity index is 1760. The number of para-hydroxylation sites is 2. The standard InChI is InChI=1S/C36H40ClN3O7Si/c1-22-34(48(2,3)45)31(18-32(42)38-16-6-7-26(38)20-41)47-36(22)27-17-24(37)12-15-28(27)39(35(36)44)19-23-10-13-25(14-11-23)40-29-8-4-5-9-30(29)46-21-33(40)43/h4-5,8-15,17,22,26,31,34,41,45H,6-7,16,18-21H2,1-3H3/t22-,26+,31+,34-,36+/m1/s1. The van der Waals surface area contributed by atoms with Crippen LogP contribution < -0.4 is 14.5 Å². The fraction of sp³-hybridized carbons (Fsp3) is 0.417. The lowest BCUT2D eigenvalue weighted by Crippen LogP contribution is -2.46. The number of ether oxygens (including phenoxy) is 2. The van der Waals surface area contributed by atoms with E-state index in [4.69, 9.17) is 21.1 Å². The summed E-state index contributed by atoms with van der Waals surface area (Å²) in [7, 11) is -2.98. The minimum absolute atomic E-state index is 0.0122. The molecule has 48 heavy (non-hydrogen) atoms. The normalized spacial score (nSPS) is 26.7. The predicted molar refractivity (Wildman–Crippen MR) is 184 cm³/mol. The Morgan fingerprint density at radius 3 is 2.54 bits per heavy atom. The van der Waals surface area contributed by atoms with Gasteiger partial charge in [-0.05, 0) is 74.0 Å². The Morgan fingerprint density at radius 2 is 1.81 bits per heavy atom. The zero-order valence-corrected chi connectivity index (χ0v) is 29.0. The van der Waals surface area contributed by atoms with Gasteiger partial charge in [0, 0.05) is 34.3 Å². The van der Waals surface area contributed by atoms with Crippen LogP contribution in [-0.4, -0.2) is 72.7 Å². The number of aliphatic hydroxyl groups is 1. The van der Waals surface area contributed by atoms with E-state index in [9.17, 15) is 24.3 Å². The van der Waals surface area contributed by atoms with E-state index in [1.54, 1.807) is 26.8 Å². The summed E-state index contributed by atoms with van der Waals surface area (Å²) < 4.78 is 12.4. The van der Waals surface area contributed by atoms with E-state index in [0.29, 0.717) is 39.9 Å². The molecule has 2 saturated heterocycles. The van der Waals surface area contributed by atoms with Crippen molar-refractivity contribution in [2.75, 3.05) is 29.6 Å². The highest BCUT2D eigenvalue weighted by molar-refractivity contribution is 6.71. The SMILES string of the molecule is C[C@@H]1[C@@H]([Si](C)(C)O)[C@H](CC(=O)N2CCC[C@H]2CO)O[C@@]12C(=O)N(Cc1ccc(N3C(=O)COc4ccccc43)cc1)c1ccc(Cl)cc12. The Kier molecular flexibility index (Phi) is 8.40. The van der Waals surface area contributed by atoms with Gasteiger partial charge in [0.25, 0.3) is 11.8 Å². The molecule has 0 saturated carbocycles. The summed E-state index contributed by atoms with van der Waals surface area (Å²) in [6.45, 7) is 6.24. The van der Waals surface area contributed by atoms with Gasteiger partial charge in [-0.1, -0.05) is 42.8 Å². The fourth-order valence-corrected chi connectivity index (χ4v) is 11.1. The van der Waals surface area contributed by atoms with E-state index in [2.05, 4.69) is 0 Å². The van der Waals surface area contributed by atoms with Gasteiger partial charge < -0.3 is 29.2 Å². The molecule has 3 aromatic carbocycles. The van der Waals surface area contributed by atoms with E-state index in [1.807, 2.05) is 74.6 Å². The molecule has 0 bridgehead atoms. The molecule has 2 fully saturated rings. The van der Waals surface area contributed by atoms with Gasteiger partial charge in [0.05, 0.1) is 43.1 Å². The molecule has 0 unspecified atom stereocenters. The van der Waals surface area contributed by atoms with Crippen molar-refractivity contribution < 1.29 is 33.8 Å². The lowest BCUT2D eigenvalue weighted by molar-refractivity contribution is -0.150. The van der Waals surface area contributed by atoms with E-state index < -0.39 is 31.5 Å². The quantitative estimate of drug-likeness (QED) is 0.331. The van der Waals surface area contributed by atoms with Crippen molar-refractivity contribution >= 4 is 54.7 Å². The van der Waals surface area contributed by atoms with Crippen LogP contribution in [-0.2, 0) is 31.3 Å². The van der Waals surface area contributed by atoms with Crippen LogP contribution in [0.2, 0.25) is 23.7 Å². The molecule has 0 aromatic heterocycles. The van der Waals surface area contributed by atoms with Crippen molar-refractivity contribution in [1.29, 1.82) is 0 Å². The van der Waals surface area contributed by atoms with Gasteiger partial charge in [0.15, 0.2) is 20.5 Å². The second-order valence-corrected chi connectivity index (χ2v) is 18.2. The summed E-state index contributed by atoms with van der Waals surface area (Å²) >= 11 is 6.54. The topological polar surface area (TPSA) is 120 Å². The molecule has 7 rings (SSSR count). The van der Waals surface area contributed by atoms with Crippen LogP contribution >= 0.6 is 11.6 Å². The molecule has 252 valence electrons. The summed E-state index contributed by atoms with van der Waals surface area (Å²) in [6.07, 6.45) is 0.887. The second kappa shape index (κ2) is 12.3. The molecule has 1 spiro atoms. The van der Waals surface area contributed by atoms with Crippen LogP contribution in [0.3, 0.4) is 0 Å². The first-order chi connectivity index (χ1) is 22.9. The number of hydrogen-bond donors (Lipinski definition) is 2. The molecule has 12 heteroatoms. The number of halogens is 1. The maximum absolute atomic E-state index is 14.8. The monoisotopic (exact) mass is 689 g/mol. The maximum atomic E-state index is 14.8. The minimum atomic E-state index is -2.98. The lowest BCUT2D eigenvalue weighted by atomic mass is 9.82. The number of likely N-dealkylation sites (tertiary alicyclic amines) is 1. The predicted octanol–water partition coefficient (Wildman–Crippen LogP) is 5.12.